The summed E-state index contributed by atoms with van der Waals surface area (Å²) < 4.78 is 4.97. The third kappa shape index (κ3) is 5.19. The number of ether oxygens (including phenoxy) is 1. The van der Waals surface area contributed by atoms with Gasteiger partial charge in [-0.05, 0) is 19.8 Å². The number of amides is 1. The molecule has 1 aromatic heterocycles. The summed E-state index contributed by atoms with van der Waals surface area (Å²) in [5.74, 6) is 0. The number of hydrogen-bond donors (Lipinski definition) is 2. The zero-order valence-corrected chi connectivity index (χ0v) is 9.40. The van der Waals surface area contributed by atoms with Crippen molar-refractivity contribution in [3.8, 4) is 0 Å². The van der Waals surface area contributed by atoms with E-state index < -0.39 is 0 Å². The molecule has 0 aliphatic rings. The number of carbonyl (C=O) groups is 1. The molecule has 88 valence electrons. The molecule has 1 rings (SSSR count). The van der Waals surface area contributed by atoms with E-state index in [1.54, 1.807) is 12.5 Å². The molecule has 5 nitrogen and oxygen atoms in total. The topological polar surface area (TPSA) is 67.0 Å². The van der Waals surface area contributed by atoms with Crippen LogP contribution in [0.25, 0.3) is 0 Å². The maximum atomic E-state index is 11.1. The molecule has 0 radical (unpaired) electrons. The smallest absolute Gasteiger partial charge is 0.407 e. The quantitative estimate of drug-likeness (QED) is 0.569. The molecule has 5 heteroatoms. The predicted octanol–water partition coefficient (Wildman–Crippen LogP) is 1.64. The van der Waals surface area contributed by atoms with Gasteiger partial charge in [-0.25, -0.2) is 9.78 Å². The molecule has 16 heavy (non-hydrogen) atoms. The summed E-state index contributed by atoms with van der Waals surface area (Å²) in [6, 6.07) is 0. The van der Waals surface area contributed by atoms with Gasteiger partial charge in [-0.15, -0.1) is 0 Å². The Labute approximate surface area is 94.9 Å². The summed E-state index contributed by atoms with van der Waals surface area (Å²) in [5, 5.41) is 2.61. The molecule has 0 aliphatic heterocycles. The lowest BCUT2D eigenvalue weighted by molar-refractivity contribution is 0.146. The Balaban J connectivity index is 2.00. The fourth-order valence-electron chi connectivity index (χ4n) is 1.16. The summed E-state index contributed by atoms with van der Waals surface area (Å²) in [4.78, 5) is 18.0. The molecular formula is C11H17N3O2. The molecule has 0 aliphatic carbocycles. The fraction of sp³-hybridized carbons (Fsp3) is 0.455. The van der Waals surface area contributed by atoms with Gasteiger partial charge in [-0.3, -0.25) is 0 Å². The van der Waals surface area contributed by atoms with Gasteiger partial charge < -0.3 is 15.0 Å². The third-order valence-electron chi connectivity index (χ3n) is 1.98. The number of alkyl carbamates (subject to hydrolysis) is 1. The van der Waals surface area contributed by atoms with Crippen molar-refractivity contribution >= 4 is 6.09 Å². The SMILES string of the molecule is CC=CCNC(=O)OCCCc1cnc[nH]1. The number of aromatic amines is 1. The second-order valence-electron chi connectivity index (χ2n) is 3.27. The van der Waals surface area contributed by atoms with Crippen molar-refractivity contribution in [1.82, 2.24) is 15.3 Å². The number of aryl methyl sites for hydroxylation is 1. The van der Waals surface area contributed by atoms with Crippen molar-refractivity contribution in [3.63, 3.8) is 0 Å². The second kappa shape index (κ2) is 7.50. The number of rotatable bonds is 6. The molecule has 0 unspecified atom stereocenters. The molecule has 0 spiro atoms. The Hall–Kier alpha value is -1.78. The summed E-state index contributed by atoms with van der Waals surface area (Å²) in [7, 11) is 0. The first-order chi connectivity index (χ1) is 7.83. The highest BCUT2D eigenvalue weighted by molar-refractivity contribution is 5.67. The van der Waals surface area contributed by atoms with Crippen LogP contribution < -0.4 is 5.32 Å². The van der Waals surface area contributed by atoms with E-state index in [1.165, 1.54) is 0 Å². The second-order valence-corrected chi connectivity index (χ2v) is 3.27. The van der Waals surface area contributed by atoms with E-state index in [0.29, 0.717) is 13.2 Å². The van der Waals surface area contributed by atoms with Crippen LogP contribution in [0, 0.1) is 0 Å². The highest BCUT2D eigenvalue weighted by atomic mass is 16.5. The van der Waals surface area contributed by atoms with E-state index in [2.05, 4.69) is 15.3 Å². The van der Waals surface area contributed by atoms with Crippen LogP contribution in [0.1, 0.15) is 19.0 Å². The molecule has 0 aromatic carbocycles. The molecule has 0 saturated heterocycles. The number of hydrogen-bond acceptors (Lipinski definition) is 3. The Morgan fingerprint density at radius 2 is 2.56 bits per heavy atom. The van der Waals surface area contributed by atoms with Crippen molar-refractivity contribution < 1.29 is 9.53 Å². The average molecular weight is 223 g/mol. The molecule has 1 heterocycles. The van der Waals surface area contributed by atoms with E-state index in [-0.39, 0.29) is 6.09 Å². The number of nitrogens with one attached hydrogen (secondary N) is 2. The Kier molecular flexibility index (Phi) is 5.76. The number of imidazole rings is 1. The van der Waals surface area contributed by atoms with Gasteiger partial charge in [0.05, 0.1) is 12.9 Å². The van der Waals surface area contributed by atoms with Crippen molar-refractivity contribution in [3.05, 3.63) is 30.4 Å². The minimum absolute atomic E-state index is 0.372. The van der Waals surface area contributed by atoms with Gasteiger partial charge in [-0.2, -0.15) is 0 Å². The van der Waals surface area contributed by atoms with Gasteiger partial charge in [0.25, 0.3) is 0 Å². The molecule has 0 saturated carbocycles. The third-order valence-corrected chi connectivity index (χ3v) is 1.98. The number of aromatic nitrogens is 2. The van der Waals surface area contributed by atoms with Crippen LogP contribution in [0.15, 0.2) is 24.7 Å². The number of nitrogens with zero attached hydrogens (tertiary/aromatic N) is 1. The first-order valence-corrected chi connectivity index (χ1v) is 5.32. The number of carbonyl (C=O) groups excluding carboxylic acids is 1. The first kappa shape index (κ1) is 12.3. The van der Waals surface area contributed by atoms with E-state index in [0.717, 1.165) is 18.5 Å². The lowest BCUT2D eigenvalue weighted by Gasteiger charge is -2.04. The van der Waals surface area contributed by atoms with Gasteiger partial charge >= 0.3 is 6.09 Å². The molecule has 0 fully saturated rings. The fourth-order valence-corrected chi connectivity index (χ4v) is 1.16. The van der Waals surface area contributed by atoms with E-state index in [9.17, 15) is 4.79 Å². The minimum atomic E-state index is -0.372. The van der Waals surface area contributed by atoms with Gasteiger partial charge in [0, 0.05) is 18.4 Å². The normalized spacial score (nSPS) is 10.6. The van der Waals surface area contributed by atoms with Crippen LogP contribution in [-0.2, 0) is 11.2 Å². The Morgan fingerprint density at radius 3 is 3.25 bits per heavy atom. The number of allylic oxidation sites excluding steroid dienone is 1. The summed E-state index contributed by atoms with van der Waals surface area (Å²) in [6.07, 6.45) is 8.39. The van der Waals surface area contributed by atoms with Crippen molar-refractivity contribution in [1.29, 1.82) is 0 Å². The lowest BCUT2D eigenvalue weighted by Crippen LogP contribution is -2.24. The first-order valence-electron chi connectivity index (χ1n) is 5.32. The minimum Gasteiger partial charge on any atom is -0.450 e. The average Bonchev–Trinajstić information content (AvgIpc) is 2.78. The van der Waals surface area contributed by atoms with Crippen LogP contribution in [0.2, 0.25) is 0 Å². The molecule has 1 aromatic rings. The summed E-state index contributed by atoms with van der Waals surface area (Å²) in [5.41, 5.74) is 1.05. The molecule has 0 atom stereocenters. The van der Waals surface area contributed by atoms with Gasteiger partial charge in [0.1, 0.15) is 0 Å². The zero-order valence-electron chi connectivity index (χ0n) is 9.40. The maximum Gasteiger partial charge on any atom is 0.407 e. The monoisotopic (exact) mass is 223 g/mol. The van der Waals surface area contributed by atoms with Gasteiger partial charge in [0.15, 0.2) is 0 Å². The predicted molar refractivity (Wildman–Crippen MR) is 61.1 cm³/mol. The van der Waals surface area contributed by atoms with Crippen molar-refractivity contribution in [2.45, 2.75) is 19.8 Å². The zero-order chi connectivity index (χ0) is 11.6. The van der Waals surface area contributed by atoms with Crippen molar-refractivity contribution in [2.75, 3.05) is 13.2 Å². The summed E-state index contributed by atoms with van der Waals surface area (Å²) in [6.45, 7) is 2.83. The van der Waals surface area contributed by atoms with Gasteiger partial charge in [-0.1, -0.05) is 12.2 Å². The van der Waals surface area contributed by atoms with Crippen LogP contribution in [-0.4, -0.2) is 29.2 Å². The Bertz CT molecular complexity index is 320. The molecule has 1 amide bonds. The summed E-state index contributed by atoms with van der Waals surface area (Å²) >= 11 is 0. The van der Waals surface area contributed by atoms with E-state index >= 15 is 0 Å². The van der Waals surface area contributed by atoms with Crippen LogP contribution >= 0.6 is 0 Å². The maximum absolute atomic E-state index is 11.1. The number of H-pyrrole nitrogens is 1. The van der Waals surface area contributed by atoms with Crippen LogP contribution in [0.3, 0.4) is 0 Å². The molecule has 0 bridgehead atoms. The molecule has 2 N–H and O–H groups in total. The lowest BCUT2D eigenvalue weighted by atomic mass is 10.3. The van der Waals surface area contributed by atoms with E-state index in [1.807, 2.05) is 19.1 Å². The van der Waals surface area contributed by atoms with E-state index in [4.69, 9.17) is 4.74 Å². The highest BCUT2D eigenvalue weighted by Gasteiger charge is 1.99. The Morgan fingerprint density at radius 1 is 1.69 bits per heavy atom. The highest BCUT2D eigenvalue weighted by Crippen LogP contribution is 1.96. The van der Waals surface area contributed by atoms with Gasteiger partial charge in [0.2, 0.25) is 0 Å². The standard InChI is InChI=1S/C11H17N3O2/c1-2-3-6-13-11(15)16-7-4-5-10-8-12-9-14-10/h2-3,8-9H,4-7H2,1H3,(H,12,14)(H,13,15). The molecular weight excluding hydrogens is 206 g/mol. The van der Waals surface area contributed by atoms with Crippen molar-refractivity contribution in [2.24, 2.45) is 0 Å². The largest absolute Gasteiger partial charge is 0.450 e. The van der Waals surface area contributed by atoms with Crippen LogP contribution in [0.5, 0.6) is 0 Å². The van der Waals surface area contributed by atoms with Crippen LogP contribution in [0.4, 0.5) is 4.79 Å².